The highest BCUT2D eigenvalue weighted by molar-refractivity contribution is 5.31. The van der Waals surface area contributed by atoms with Crippen molar-refractivity contribution >= 4 is 0 Å². The van der Waals surface area contributed by atoms with Crippen LogP contribution in [-0.2, 0) is 5.41 Å². The maximum atomic E-state index is 6.20. The highest BCUT2D eigenvalue weighted by Gasteiger charge is 2.15. The lowest BCUT2D eigenvalue weighted by atomic mass is 9.86. The van der Waals surface area contributed by atoms with Gasteiger partial charge in [0.05, 0.1) is 6.04 Å². The second kappa shape index (κ2) is 5.10. The van der Waals surface area contributed by atoms with Crippen LogP contribution in [0.4, 0.5) is 0 Å². The van der Waals surface area contributed by atoms with Crippen LogP contribution in [0.2, 0.25) is 0 Å². The largest absolute Gasteiger partial charge is 0.318 e. The fourth-order valence-electron chi connectivity index (χ4n) is 1.90. The number of hydrogen-bond donors (Lipinski definition) is 1. The highest BCUT2D eigenvalue weighted by Crippen LogP contribution is 2.24. The molecule has 1 aromatic heterocycles. The van der Waals surface area contributed by atoms with Crippen LogP contribution in [0.1, 0.15) is 49.3 Å². The molecule has 3 heteroatoms. The molecule has 0 amide bonds. The van der Waals surface area contributed by atoms with Gasteiger partial charge in [-0.2, -0.15) is 0 Å². The van der Waals surface area contributed by atoms with E-state index in [4.69, 9.17) is 5.73 Å². The van der Waals surface area contributed by atoms with Crippen molar-refractivity contribution < 1.29 is 0 Å². The molecule has 0 spiro atoms. The maximum Gasteiger partial charge on any atom is 0.149 e. The van der Waals surface area contributed by atoms with Gasteiger partial charge in [-0.3, -0.25) is 0 Å². The van der Waals surface area contributed by atoms with Gasteiger partial charge in [-0.15, -0.1) is 0 Å². The Bertz CT molecular complexity index is 536. The van der Waals surface area contributed by atoms with Crippen molar-refractivity contribution in [3.63, 3.8) is 0 Å². The Labute approximate surface area is 114 Å². The predicted octanol–water partition coefficient (Wildman–Crippen LogP) is 3.13. The van der Waals surface area contributed by atoms with Crippen LogP contribution in [0.5, 0.6) is 0 Å². The zero-order valence-electron chi connectivity index (χ0n) is 12.0. The maximum absolute atomic E-state index is 6.20. The summed E-state index contributed by atoms with van der Waals surface area (Å²) in [5.74, 6) is 0.661. The Morgan fingerprint density at radius 3 is 2.00 bits per heavy atom. The fraction of sp³-hybridized carbons (Fsp3) is 0.375. The normalized spacial score (nSPS) is 13.3. The van der Waals surface area contributed by atoms with Crippen molar-refractivity contribution in [2.24, 2.45) is 5.73 Å². The molecule has 2 rings (SSSR count). The quantitative estimate of drug-likeness (QED) is 0.897. The van der Waals surface area contributed by atoms with Crippen LogP contribution in [0.15, 0.2) is 36.7 Å². The van der Waals surface area contributed by atoms with Crippen LogP contribution in [0.3, 0.4) is 0 Å². The number of benzene rings is 1. The lowest BCUT2D eigenvalue weighted by Crippen LogP contribution is -2.16. The van der Waals surface area contributed by atoms with E-state index in [0.29, 0.717) is 5.82 Å². The van der Waals surface area contributed by atoms with Crippen LogP contribution in [0, 0.1) is 6.92 Å². The third-order valence-electron chi connectivity index (χ3n) is 3.21. The molecular weight excluding hydrogens is 234 g/mol. The van der Waals surface area contributed by atoms with Crippen LogP contribution in [-0.4, -0.2) is 9.97 Å². The zero-order valence-corrected chi connectivity index (χ0v) is 12.0. The first-order chi connectivity index (χ1) is 8.88. The Hall–Kier alpha value is -1.74. The van der Waals surface area contributed by atoms with Gasteiger partial charge in [0.25, 0.3) is 0 Å². The molecule has 3 nitrogen and oxygen atoms in total. The van der Waals surface area contributed by atoms with E-state index < -0.39 is 0 Å². The molecule has 0 saturated heterocycles. The number of nitrogens with zero attached hydrogens (tertiary/aromatic N) is 2. The van der Waals surface area contributed by atoms with Gasteiger partial charge in [0, 0.05) is 12.4 Å². The van der Waals surface area contributed by atoms with Gasteiger partial charge >= 0.3 is 0 Å². The Morgan fingerprint density at radius 2 is 1.53 bits per heavy atom. The Morgan fingerprint density at radius 1 is 1.00 bits per heavy atom. The van der Waals surface area contributed by atoms with Gasteiger partial charge in [0.15, 0.2) is 0 Å². The third-order valence-corrected chi connectivity index (χ3v) is 3.21. The summed E-state index contributed by atoms with van der Waals surface area (Å²) in [4.78, 5) is 8.58. The molecule has 0 aliphatic rings. The summed E-state index contributed by atoms with van der Waals surface area (Å²) in [6.45, 7) is 8.56. The molecule has 0 fully saturated rings. The third kappa shape index (κ3) is 3.18. The van der Waals surface area contributed by atoms with Crippen molar-refractivity contribution in [3.05, 3.63) is 59.2 Å². The minimum atomic E-state index is -0.269. The second-order valence-electron chi connectivity index (χ2n) is 5.97. The first-order valence-corrected chi connectivity index (χ1v) is 6.52. The molecule has 1 atom stereocenters. The van der Waals surface area contributed by atoms with Gasteiger partial charge in [-0.05, 0) is 29.0 Å². The van der Waals surface area contributed by atoms with Crippen molar-refractivity contribution in [2.45, 2.75) is 39.2 Å². The van der Waals surface area contributed by atoms with E-state index >= 15 is 0 Å². The average Bonchev–Trinajstić information content (AvgIpc) is 2.38. The summed E-state index contributed by atoms with van der Waals surface area (Å²) < 4.78 is 0. The van der Waals surface area contributed by atoms with Gasteiger partial charge < -0.3 is 5.73 Å². The summed E-state index contributed by atoms with van der Waals surface area (Å²) in [6.07, 6.45) is 3.59. The number of aromatic nitrogens is 2. The summed E-state index contributed by atoms with van der Waals surface area (Å²) in [5, 5.41) is 0. The fourth-order valence-corrected chi connectivity index (χ4v) is 1.90. The number of rotatable bonds is 2. The molecule has 1 aromatic carbocycles. The van der Waals surface area contributed by atoms with E-state index in [2.05, 4.69) is 55.0 Å². The molecular formula is C16H21N3. The van der Waals surface area contributed by atoms with Gasteiger partial charge in [-0.1, -0.05) is 45.0 Å². The zero-order chi connectivity index (χ0) is 14.0. The van der Waals surface area contributed by atoms with Crippen LogP contribution in [0.25, 0.3) is 0 Å². The summed E-state index contributed by atoms with van der Waals surface area (Å²) in [5.41, 5.74) is 9.74. The van der Waals surface area contributed by atoms with E-state index in [-0.39, 0.29) is 11.5 Å². The molecule has 0 aliphatic carbocycles. The summed E-state index contributed by atoms with van der Waals surface area (Å²) >= 11 is 0. The Balaban J connectivity index is 2.25. The standard InChI is InChI=1S/C16H21N3/c1-11-9-18-15(19-10-11)14(17)12-5-7-13(8-6-12)16(2,3)4/h5-10,14H,17H2,1-4H3. The van der Waals surface area contributed by atoms with Crippen molar-refractivity contribution in [1.29, 1.82) is 0 Å². The summed E-state index contributed by atoms with van der Waals surface area (Å²) in [7, 11) is 0. The number of aryl methyl sites for hydroxylation is 1. The first kappa shape index (κ1) is 13.7. The molecule has 0 saturated carbocycles. The minimum absolute atomic E-state index is 0.156. The van der Waals surface area contributed by atoms with Crippen LogP contribution >= 0.6 is 0 Å². The van der Waals surface area contributed by atoms with Crippen molar-refractivity contribution in [2.75, 3.05) is 0 Å². The molecule has 1 heterocycles. The summed E-state index contributed by atoms with van der Waals surface area (Å²) in [6, 6.07) is 8.12. The van der Waals surface area contributed by atoms with E-state index in [1.54, 1.807) is 12.4 Å². The molecule has 19 heavy (non-hydrogen) atoms. The smallest absolute Gasteiger partial charge is 0.149 e. The van der Waals surface area contributed by atoms with Gasteiger partial charge in [0.2, 0.25) is 0 Å². The molecule has 0 radical (unpaired) electrons. The molecule has 1 unspecified atom stereocenters. The number of nitrogens with two attached hydrogens (primary N) is 1. The molecule has 2 aromatic rings. The lowest BCUT2D eigenvalue weighted by Gasteiger charge is -2.20. The lowest BCUT2D eigenvalue weighted by molar-refractivity contribution is 0.589. The van der Waals surface area contributed by atoms with E-state index in [0.717, 1.165) is 11.1 Å². The van der Waals surface area contributed by atoms with E-state index in [9.17, 15) is 0 Å². The SMILES string of the molecule is Cc1cnc(C(N)c2ccc(C(C)(C)C)cc2)nc1. The molecule has 100 valence electrons. The van der Waals surface area contributed by atoms with E-state index in [1.165, 1.54) is 5.56 Å². The van der Waals surface area contributed by atoms with Gasteiger partial charge in [0.1, 0.15) is 5.82 Å². The monoisotopic (exact) mass is 255 g/mol. The second-order valence-corrected chi connectivity index (χ2v) is 5.97. The van der Waals surface area contributed by atoms with Crippen LogP contribution < -0.4 is 5.73 Å². The topological polar surface area (TPSA) is 51.8 Å². The molecule has 2 N–H and O–H groups in total. The number of hydrogen-bond acceptors (Lipinski definition) is 3. The minimum Gasteiger partial charge on any atom is -0.318 e. The van der Waals surface area contributed by atoms with Crippen molar-refractivity contribution in [1.82, 2.24) is 9.97 Å². The van der Waals surface area contributed by atoms with Gasteiger partial charge in [-0.25, -0.2) is 9.97 Å². The van der Waals surface area contributed by atoms with E-state index in [1.807, 2.05) is 6.92 Å². The Kier molecular flexibility index (Phi) is 3.67. The highest BCUT2D eigenvalue weighted by atomic mass is 14.9. The molecule has 0 aliphatic heterocycles. The first-order valence-electron chi connectivity index (χ1n) is 6.52. The molecule has 0 bridgehead atoms. The average molecular weight is 255 g/mol. The van der Waals surface area contributed by atoms with Crippen molar-refractivity contribution in [3.8, 4) is 0 Å². The predicted molar refractivity (Wildman–Crippen MR) is 77.9 cm³/mol.